The van der Waals surface area contributed by atoms with Crippen LogP contribution in [0.25, 0.3) is 0 Å². The summed E-state index contributed by atoms with van der Waals surface area (Å²) in [6.07, 6.45) is 5.76. The zero-order chi connectivity index (χ0) is 21.9. The second-order valence-corrected chi connectivity index (χ2v) is 10.5. The van der Waals surface area contributed by atoms with Gasteiger partial charge >= 0.3 is 5.97 Å². The van der Waals surface area contributed by atoms with Crippen LogP contribution >= 0.6 is 0 Å². The molecule has 1 saturated heterocycles. The summed E-state index contributed by atoms with van der Waals surface area (Å²) in [6.45, 7) is 6.25. The molecule has 0 unspecified atom stereocenters. The molecule has 1 aliphatic heterocycles. The van der Waals surface area contributed by atoms with Gasteiger partial charge in [0.05, 0.1) is 10.5 Å². The first-order chi connectivity index (χ1) is 14.2. The number of amides is 1. The zero-order valence-corrected chi connectivity index (χ0v) is 18.9. The number of benzene rings is 1. The van der Waals surface area contributed by atoms with Gasteiger partial charge in [-0.2, -0.15) is 4.31 Å². The van der Waals surface area contributed by atoms with Crippen LogP contribution in [-0.4, -0.2) is 50.3 Å². The molecule has 1 aromatic carbocycles. The molecule has 2 fully saturated rings. The lowest BCUT2D eigenvalue weighted by atomic mass is 10.0. The third-order valence-corrected chi connectivity index (χ3v) is 8.30. The maximum absolute atomic E-state index is 13.2. The second kappa shape index (κ2) is 9.47. The van der Waals surface area contributed by atoms with Gasteiger partial charge in [-0.15, -0.1) is 0 Å². The lowest BCUT2D eigenvalue weighted by Gasteiger charge is -2.30. The van der Waals surface area contributed by atoms with Crippen molar-refractivity contribution in [1.82, 2.24) is 9.62 Å². The molecule has 1 aliphatic carbocycles. The van der Waals surface area contributed by atoms with E-state index in [1.807, 2.05) is 0 Å². The van der Waals surface area contributed by atoms with Crippen LogP contribution in [0.1, 0.15) is 66.9 Å². The molecule has 1 N–H and O–H groups in total. The van der Waals surface area contributed by atoms with Crippen molar-refractivity contribution in [2.45, 2.75) is 70.2 Å². The maximum atomic E-state index is 13.2. The van der Waals surface area contributed by atoms with Crippen molar-refractivity contribution >= 4 is 21.9 Å². The van der Waals surface area contributed by atoms with Gasteiger partial charge in [-0.1, -0.05) is 19.8 Å². The number of hydrogen-bond donors (Lipinski definition) is 1. The molecule has 30 heavy (non-hydrogen) atoms. The first-order valence-electron chi connectivity index (χ1n) is 10.8. The fourth-order valence-corrected chi connectivity index (χ4v) is 5.92. The van der Waals surface area contributed by atoms with Crippen LogP contribution in [0, 0.1) is 19.8 Å². The van der Waals surface area contributed by atoms with Crippen molar-refractivity contribution in [1.29, 1.82) is 0 Å². The van der Waals surface area contributed by atoms with Crippen molar-refractivity contribution in [3.63, 3.8) is 0 Å². The van der Waals surface area contributed by atoms with E-state index in [0.717, 1.165) is 38.5 Å². The molecule has 1 heterocycles. The number of esters is 1. The standard InChI is InChI=1S/C22H32N2O5S/c1-15-8-10-24(11-9-15)30(27,28)20-13-18(12-16(2)17(20)3)22(26)29-14-21(25)23-19-6-4-5-7-19/h12-13,15,19H,4-11,14H2,1-3H3,(H,23,25). The van der Waals surface area contributed by atoms with E-state index in [4.69, 9.17) is 4.74 Å². The fraction of sp³-hybridized carbons (Fsp3) is 0.636. The van der Waals surface area contributed by atoms with Gasteiger partial charge in [0, 0.05) is 19.1 Å². The number of hydrogen-bond acceptors (Lipinski definition) is 5. The minimum absolute atomic E-state index is 0.138. The molecule has 7 nitrogen and oxygen atoms in total. The molecule has 1 saturated carbocycles. The number of aryl methyl sites for hydroxylation is 1. The van der Waals surface area contributed by atoms with E-state index in [-0.39, 0.29) is 29.0 Å². The topological polar surface area (TPSA) is 92.8 Å². The number of carbonyl (C=O) groups excluding carboxylic acids is 2. The van der Waals surface area contributed by atoms with Gasteiger partial charge < -0.3 is 10.1 Å². The Morgan fingerprint density at radius 2 is 1.73 bits per heavy atom. The largest absolute Gasteiger partial charge is 0.452 e. The highest BCUT2D eigenvalue weighted by Gasteiger charge is 2.30. The van der Waals surface area contributed by atoms with Crippen LogP contribution in [0.2, 0.25) is 0 Å². The predicted molar refractivity (Wildman–Crippen MR) is 114 cm³/mol. The van der Waals surface area contributed by atoms with Gasteiger partial charge in [-0.25, -0.2) is 13.2 Å². The Morgan fingerprint density at radius 1 is 1.10 bits per heavy atom. The minimum atomic E-state index is -3.70. The molecule has 0 aromatic heterocycles. The normalized spacial score (nSPS) is 19.0. The Bertz CT molecular complexity index is 898. The van der Waals surface area contributed by atoms with Crippen LogP contribution < -0.4 is 5.32 Å². The molecule has 1 amide bonds. The first kappa shape index (κ1) is 22.7. The minimum Gasteiger partial charge on any atom is -0.452 e. The van der Waals surface area contributed by atoms with Crippen LogP contribution in [0.3, 0.4) is 0 Å². The monoisotopic (exact) mass is 436 g/mol. The van der Waals surface area contributed by atoms with Crippen LogP contribution in [0.5, 0.6) is 0 Å². The summed E-state index contributed by atoms with van der Waals surface area (Å²) in [5.74, 6) is -0.506. The molecular weight excluding hydrogens is 404 g/mol. The Balaban J connectivity index is 1.72. The average Bonchev–Trinajstić information content (AvgIpc) is 3.21. The van der Waals surface area contributed by atoms with E-state index in [2.05, 4.69) is 12.2 Å². The Hall–Kier alpha value is -1.93. The fourth-order valence-electron chi connectivity index (χ4n) is 4.13. The van der Waals surface area contributed by atoms with E-state index in [0.29, 0.717) is 30.1 Å². The lowest BCUT2D eigenvalue weighted by Crippen LogP contribution is -2.38. The summed E-state index contributed by atoms with van der Waals surface area (Å²) in [5, 5.41) is 2.87. The van der Waals surface area contributed by atoms with Gasteiger partial charge in [0.25, 0.3) is 5.91 Å². The van der Waals surface area contributed by atoms with Gasteiger partial charge in [0.15, 0.2) is 6.61 Å². The van der Waals surface area contributed by atoms with Crippen molar-refractivity contribution in [3.8, 4) is 0 Å². The summed E-state index contributed by atoms with van der Waals surface area (Å²) in [6, 6.07) is 3.15. The van der Waals surface area contributed by atoms with Crippen molar-refractivity contribution in [3.05, 3.63) is 28.8 Å². The molecule has 166 valence electrons. The first-order valence-corrected chi connectivity index (χ1v) is 12.2. The third kappa shape index (κ3) is 5.21. The number of rotatable bonds is 6. The second-order valence-electron chi connectivity index (χ2n) is 8.63. The molecule has 0 spiro atoms. The van der Waals surface area contributed by atoms with E-state index >= 15 is 0 Å². The Morgan fingerprint density at radius 3 is 2.37 bits per heavy atom. The molecule has 8 heteroatoms. The highest BCUT2D eigenvalue weighted by Crippen LogP contribution is 2.28. The number of piperidine rings is 1. The average molecular weight is 437 g/mol. The molecule has 2 aliphatic rings. The SMILES string of the molecule is Cc1cc(C(=O)OCC(=O)NC2CCCC2)cc(S(=O)(=O)N2CCC(C)CC2)c1C. The summed E-state index contributed by atoms with van der Waals surface area (Å²) >= 11 is 0. The smallest absolute Gasteiger partial charge is 0.338 e. The Labute approximate surface area is 179 Å². The predicted octanol–water partition coefficient (Wildman–Crippen LogP) is 2.94. The number of sulfonamides is 1. The summed E-state index contributed by atoms with van der Waals surface area (Å²) in [4.78, 5) is 24.7. The van der Waals surface area contributed by atoms with Crippen molar-refractivity contribution < 1.29 is 22.7 Å². The summed E-state index contributed by atoms with van der Waals surface area (Å²) in [7, 11) is -3.70. The summed E-state index contributed by atoms with van der Waals surface area (Å²) in [5.41, 5.74) is 1.48. The molecule has 3 rings (SSSR count). The van der Waals surface area contributed by atoms with E-state index < -0.39 is 16.0 Å². The van der Waals surface area contributed by atoms with Crippen molar-refractivity contribution in [2.75, 3.05) is 19.7 Å². The van der Waals surface area contributed by atoms with E-state index in [9.17, 15) is 18.0 Å². The highest BCUT2D eigenvalue weighted by atomic mass is 32.2. The number of ether oxygens (including phenoxy) is 1. The lowest BCUT2D eigenvalue weighted by molar-refractivity contribution is -0.124. The van der Waals surface area contributed by atoms with Crippen LogP contribution in [-0.2, 0) is 19.6 Å². The van der Waals surface area contributed by atoms with Crippen LogP contribution in [0.4, 0.5) is 0 Å². The van der Waals surface area contributed by atoms with E-state index in [1.54, 1.807) is 19.9 Å². The highest BCUT2D eigenvalue weighted by molar-refractivity contribution is 7.89. The maximum Gasteiger partial charge on any atom is 0.338 e. The molecule has 0 bridgehead atoms. The number of nitrogens with zero attached hydrogens (tertiary/aromatic N) is 1. The molecular formula is C22H32N2O5S. The third-order valence-electron chi connectivity index (χ3n) is 6.27. The van der Waals surface area contributed by atoms with Crippen molar-refractivity contribution in [2.24, 2.45) is 5.92 Å². The quantitative estimate of drug-likeness (QED) is 0.692. The van der Waals surface area contributed by atoms with E-state index in [1.165, 1.54) is 10.4 Å². The van der Waals surface area contributed by atoms with Gasteiger partial charge in [-0.3, -0.25) is 4.79 Å². The number of nitrogens with one attached hydrogen (secondary N) is 1. The summed E-state index contributed by atoms with van der Waals surface area (Å²) < 4.78 is 33.1. The van der Waals surface area contributed by atoms with Crippen LogP contribution in [0.15, 0.2) is 17.0 Å². The van der Waals surface area contributed by atoms with Gasteiger partial charge in [0.1, 0.15) is 0 Å². The Kier molecular flexibility index (Phi) is 7.18. The zero-order valence-electron chi connectivity index (χ0n) is 18.1. The molecule has 0 atom stereocenters. The van der Waals surface area contributed by atoms with Gasteiger partial charge in [-0.05, 0) is 68.7 Å². The number of carbonyl (C=O) groups is 2. The molecule has 0 radical (unpaired) electrons. The van der Waals surface area contributed by atoms with Gasteiger partial charge in [0.2, 0.25) is 10.0 Å². The molecule has 1 aromatic rings.